The lowest BCUT2D eigenvalue weighted by Gasteiger charge is -2.14. The summed E-state index contributed by atoms with van der Waals surface area (Å²) >= 11 is 6.52. The Bertz CT molecular complexity index is 1660. The maximum absolute atomic E-state index is 13.1. The predicted octanol–water partition coefficient (Wildman–Crippen LogP) is 3.59. The minimum absolute atomic E-state index is 0.0412. The summed E-state index contributed by atoms with van der Waals surface area (Å²) in [6, 6.07) is 15.2. The molecule has 3 N–H and O–H groups in total. The van der Waals surface area contributed by atoms with Crippen molar-refractivity contribution in [3.8, 4) is 16.9 Å². The van der Waals surface area contributed by atoms with E-state index in [1.165, 1.54) is 18.2 Å². The summed E-state index contributed by atoms with van der Waals surface area (Å²) in [6.45, 7) is 2.93. The number of aryl methyl sites for hydroxylation is 1. The van der Waals surface area contributed by atoms with Crippen LogP contribution in [0.2, 0.25) is 5.02 Å². The van der Waals surface area contributed by atoms with Gasteiger partial charge in [0.2, 0.25) is 0 Å². The number of likely N-dealkylation sites (N-methyl/N-ethyl adjacent to an activating group) is 1. The van der Waals surface area contributed by atoms with Crippen molar-refractivity contribution in [1.29, 1.82) is 0 Å². The molecule has 188 valence electrons. The molecule has 0 saturated carbocycles. The molecule has 0 atom stereocenters. The van der Waals surface area contributed by atoms with Gasteiger partial charge in [0.25, 0.3) is 10.0 Å². The molecule has 0 aliphatic heterocycles. The molecule has 9 nitrogen and oxygen atoms in total. The van der Waals surface area contributed by atoms with Gasteiger partial charge in [0, 0.05) is 12.1 Å². The smallest absolute Gasteiger partial charge is 0.314 e. The lowest BCUT2D eigenvalue weighted by molar-refractivity contribution is 0.261. The molecule has 4 rings (SSSR count). The number of fused-ring (bicyclic) bond motifs is 1. The molecule has 4 aromatic rings. The molecule has 36 heavy (non-hydrogen) atoms. The van der Waals surface area contributed by atoms with Gasteiger partial charge in [-0.2, -0.15) is 0 Å². The second kappa shape index (κ2) is 10.2. The normalized spacial score (nSPS) is 11.7. The lowest BCUT2D eigenvalue weighted by Crippen LogP contribution is -2.29. The van der Waals surface area contributed by atoms with E-state index < -0.39 is 21.1 Å². The zero-order valence-electron chi connectivity index (χ0n) is 19.9. The van der Waals surface area contributed by atoms with Crippen LogP contribution in [0.4, 0.5) is 5.69 Å². The Hall–Kier alpha value is -3.60. The minimum atomic E-state index is -4.02. The Morgan fingerprint density at radius 2 is 1.67 bits per heavy atom. The average Bonchev–Trinajstić information content (AvgIpc) is 2.79. The molecule has 3 aromatic carbocycles. The van der Waals surface area contributed by atoms with Gasteiger partial charge in [0.05, 0.1) is 26.6 Å². The summed E-state index contributed by atoms with van der Waals surface area (Å²) in [5, 5.41) is 0.359. The third kappa shape index (κ3) is 5.62. The highest BCUT2D eigenvalue weighted by Gasteiger charge is 2.19. The number of aromatic nitrogens is 2. The highest BCUT2D eigenvalue weighted by atomic mass is 35.5. The fourth-order valence-electron chi connectivity index (χ4n) is 3.66. The maximum atomic E-state index is 13.1. The molecule has 0 radical (unpaired) electrons. The summed E-state index contributed by atoms with van der Waals surface area (Å²) in [5.74, 6) is 0.710. The first-order chi connectivity index (χ1) is 17.0. The standard InChI is InChI=1S/C25H25ClN4O5S/c1-15-11-21-22(28-25(32)24(31)27-21)14-23(15)36(33,34)29-17-7-8-19(20(26)13-17)16-5-4-6-18(12-16)35-10-9-30(2)3/h4-8,11-14,29H,9-10H2,1-3H3,(H,27,31)(H,28,32). The van der Waals surface area contributed by atoms with Crippen LogP contribution in [0.5, 0.6) is 5.75 Å². The van der Waals surface area contributed by atoms with Crippen molar-refractivity contribution < 1.29 is 13.2 Å². The predicted molar refractivity (Wildman–Crippen MR) is 142 cm³/mol. The molecule has 0 aliphatic carbocycles. The highest BCUT2D eigenvalue weighted by Crippen LogP contribution is 2.33. The van der Waals surface area contributed by atoms with E-state index in [9.17, 15) is 18.0 Å². The van der Waals surface area contributed by atoms with Gasteiger partial charge in [-0.1, -0.05) is 29.8 Å². The van der Waals surface area contributed by atoms with E-state index in [4.69, 9.17) is 16.3 Å². The van der Waals surface area contributed by atoms with Gasteiger partial charge in [-0.25, -0.2) is 8.42 Å². The second-order valence-electron chi connectivity index (χ2n) is 8.55. The number of nitrogens with one attached hydrogen (secondary N) is 3. The van der Waals surface area contributed by atoms with Crippen LogP contribution in [0.25, 0.3) is 22.2 Å². The third-order valence-corrected chi connectivity index (χ3v) is 7.32. The number of benzene rings is 3. The van der Waals surface area contributed by atoms with E-state index >= 15 is 0 Å². The topological polar surface area (TPSA) is 124 Å². The van der Waals surface area contributed by atoms with Gasteiger partial charge in [-0.3, -0.25) is 14.3 Å². The molecular formula is C25H25ClN4O5S. The Morgan fingerprint density at radius 3 is 2.33 bits per heavy atom. The Labute approximate surface area is 212 Å². The zero-order valence-corrected chi connectivity index (χ0v) is 21.5. The Morgan fingerprint density at radius 1 is 0.972 bits per heavy atom. The van der Waals surface area contributed by atoms with Crippen molar-refractivity contribution in [2.24, 2.45) is 0 Å². The molecule has 0 spiro atoms. The first-order valence-corrected chi connectivity index (χ1v) is 12.9. The molecule has 1 heterocycles. The highest BCUT2D eigenvalue weighted by molar-refractivity contribution is 7.92. The number of rotatable bonds is 8. The van der Waals surface area contributed by atoms with Crippen LogP contribution >= 0.6 is 11.6 Å². The van der Waals surface area contributed by atoms with Gasteiger partial charge >= 0.3 is 11.1 Å². The Balaban J connectivity index is 1.59. The first-order valence-electron chi connectivity index (χ1n) is 11.0. The zero-order chi connectivity index (χ0) is 26.0. The van der Waals surface area contributed by atoms with Crippen LogP contribution in [0.15, 0.2) is 69.1 Å². The molecule has 0 saturated heterocycles. The fraction of sp³-hybridized carbons (Fsp3) is 0.200. The maximum Gasteiger partial charge on any atom is 0.314 e. The van der Waals surface area contributed by atoms with Crippen LogP contribution in [0.3, 0.4) is 0 Å². The van der Waals surface area contributed by atoms with Crippen molar-refractivity contribution in [3.05, 3.63) is 85.9 Å². The van der Waals surface area contributed by atoms with Crippen LogP contribution in [0.1, 0.15) is 5.56 Å². The fourth-order valence-corrected chi connectivity index (χ4v) is 5.26. The van der Waals surface area contributed by atoms with Crippen molar-refractivity contribution in [3.63, 3.8) is 0 Å². The summed E-state index contributed by atoms with van der Waals surface area (Å²) < 4.78 is 34.6. The number of hydrogen-bond donors (Lipinski definition) is 3. The molecule has 11 heteroatoms. The number of halogens is 1. The molecule has 0 unspecified atom stereocenters. The third-order valence-electron chi connectivity index (χ3n) is 5.48. The number of ether oxygens (including phenoxy) is 1. The number of sulfonamides is 1. The summed E-state index contributed by atoms with van der Waals surface area (Å²) in [4.78, 5) is 30.0. The SMILES string of the molecule is Cc1cc2[nH]c(=O)c(=O)[nH]c2cc1S(=O)(=O)Nc1ccc(-c2cccc(OCCN(C)C)c2)c(Cl)c1. The lowest BCUT2D eigenvalue weighted by atomic mass is 10.1. The van der Waals surface area contributed by atoms with E-state index in [1.807, 2.05) is 43.3 Å². The largest absolute Gasteiger partial charge is 0.492 e. The number of aromatic amines is 2. The Kier molecular flexibility index (Phi) is 7.21. The van der Waals surface area contributed by atoms with Crippen molar-refractivity contribution in [1.82, 2.24) is 14.9 Å². The molecule has 1 aromatic heterocycles. The van der Waals surface area contributed by atoms with Crippen LogP contribution in [-0.2, 0) is 10.0 Å². The van der Waals surface area contributed by atoms with E-state index in [1.54, 1.807) is 19.1 Å². The molecule has 0 fully saturated rings. The van der Waals surface area contributed by atoms with E-state index in [0.29, 0.717) is 28.5 Å². The van der Waals surface area contributed by atoms with Gasteiger partial charge in [0.1, 0.15) is 12.4 Å². The van der Waals surface area contributed by atoms with Gasteiger partial charge in [0.15, 0.2) is 0 Å². The molecular weight excluding hydrogens is 504 g/mol. The van der Waals surface area contributed by atoms with E-state index in [0.717, 1.165) is 17.7 Å². The van der Waals surface area contributed by atoms with Gasteiger partial charge in [-0.15, -0.1) is 0 Å². The quantitative estimate of drug-likeness (QED) is 0.300. The summed E-state index contributed by atoms with van der Waals surface area (Å²) in [6.07, 6.45) is 0. The number of H-pyrrole nitrogens is 2. The molecule has 0 amide bonds. The molecule has 0 aliphatic rings. The summed E-state index contributed by atoms with van der Waals surface area (Å²) in [7, 11) is -0.0801. The van der Waals surface area contributed by atoms with E-state index in [-0.39, 0.29) is 16.1 Å². The number of hydrogen-bond acceptors (Lipinski definition) is 6. The number of nitrogens with zero attached hydrogens (tertiary/aromatic N) is 1. The van der Waals surface area contributed by atoms with Crippen molar-refractivity contribution in [2.75, 3.05) is 32.0 Å². The monoisotopic (exact) mass is 528 g/mol. The van der Waals surface area contributed by atoms with Crippen LogP contribution < -0.4 is 20.6 Å². The van der Waals surface area contributed by atoms with Crippen LogP contribution in [-0.4, -0.2) is 50.5 Å². The van der Waals surface area contributed by atoms with Gasteiger partial charge in [-0.05, 0) is 68.5 Å². The van der Waals surface area contributed by atoms with E-state index in [2.05, 4.69) is 14.7 Å². The van der Waals surface area contributed by atoms with Crippen LogP contribution in [0, 0.1) is 6.92 Å². The van der Waals surface area contributed by atoms with Gasteiger partial charge < -0.3 is 19.6 Å². The second-order valence-corrected chi connectivity index (χ2v) is 10.6. The average molecular weight is 529 g/mol. The minimum Gasteiger partial charge on any atom is -0.492 e. The summed E-state index contributed by atoms with van der Waals surface area (Å²) in [5.41, 5.74) is 1.08. The van der Waals surface area contributed by atoms with Crippen molar-refractivity contribution >= 4 is 38.3 Å². The van der Waals surface area contributed by atoms with Crippen molar-refractivity contribution in [2.45, 2.75) is 11.8 Å². The first kappa shape index (κ1) is 25.5. The molecule has 0 bridgehead atoms. The number of anilines is 1.